The van der Waals surface area contributed by atoms with Crippen molar-refractivity contribution >= 4 is 6.09 Å². The third kappa shape index (κ3) is 4.97. The van der Waals surface area contributed by atoms with Crippen LogP contribution in [0.2, 0.25) is 0 Å². The summed E-state index contributed by atoms with van der Waals surface area (Å²) in [6.45, 7) is 8.84. The van der Waals surface area contributed by atoms with Gasteiger partial charge in [-0.05, 0) is 46.5 Å². The average molecular weight is 241 g/mol. The number of rotatable bonds is 3. The zero-order valence-electron chi connectivity index (χ0n) is 11.8. The summed E-state index contributed by atoms with van der Waals surface area (Å²) in [5.74, 6) is 0. The van der Waals surface area contributed by atoms with Gasteiger partial charge in [-0.1, -0.05) is 19.8 Å². The highest BCUT2D eigenvalue weighted by molar-refractivity contribution is 5.68. The Bertz CT molecular complexity index is 245. The molecule has 1 fully saturated rings. The number of nitrogens with zero attached hydrogens (tertiary/aromatic N) is 1. The van der Waals surface area contributed by atoms with Crippen molar-refractivity contribution in [2.24, 2.45) is 0 Å². The summed E-state index contributed by atoms with van der Waals surface area (Å²) in [4.78, 5) is 14.0. The van der Waals surface area contributed by atoms with E-state index >= 15 is 0 Å². The molecule has 0 aliphatic carbocycles. The first kappa shape index (κ1) is 14.3. The van der Waals surface area contributed by atoms with E-state index in [0.29, 0.717) is 6.04 Å². The maximum Gasteiger partial charge on any atom is 0.410 e. The predicted molar refractivity (Wildman–Crippen MR) is 70.1 cm³/mol. The molecule has 1 atom stereocenters. The molecule has 100 valence electrons. The summed E-state index contributed by atoms with van der Waals surface area (Å²) in [7, 11) is 0. The summed E-state index contributed by atoms with van der Waals surface area (Å²) in [5.41, 5.74) is -0.385. The number of likely N-dealkylation sites (tertiary alicyclic amines) is 1. The molecule has 0 spiro atoms. The summed E-state index contributed by atoms with van der Waals surface area (Å²) in [5, 5.41) is 0. The van der Waals surface area contributed by atoms with Gasteiger partial charge in [0, 0.05) is 12.6 Å². The van der Waals surface area contributed by atoms with E-state index in [1.807, 2.05) is 25.7 Å². The molecule has 1 rings (SSSR count). The van der Waals surface area contributed by atoms with Crippen molar-refractivity contribution < 1.29 is 9.53 Å². The van der Waals surface area contributed by atoms with Gasteiger partial charge in [0.1, 0.15) is 5.60 Å². The van der Waals surface area contributed by atoms with E-state index in [4.69, 9.17) is 4.74 Å². The van der Waals surface area contributed by atoms with E-state index in [-0.39, 0.29) is 11.7 Å². The minimum atomic E-state index is -0.385. The van der Waals surface area contributed by atoms with E-state index in [1.54, 1.807) is 0 Å². The number of carbonyl (C=O) groups excluding carboxylic acids is 1. The molecule has 17 heavy (non-hydrogen) atoms. The molecule has 1 amide bonds. The van der Waals surface area contributed by atoms with Gasteiger partial charge in [0.2, 0.25) is 0 Å². The first-order valence-corrected chi connectivity index (χ1v) is 6.93. The molecule has 0 aromatic carbocycles. The Hall–Kier alpha value is -0.730. The lowest BCUT2D eigenvalue weighted by atomic mass is 9.98. The van der Waals surface area contributed by atoms with Crippen molar-refractivity contribution in [3.05, 3.63) is 0 Å². The molecule has 3 nitrogen and oxygen atoms in total. The van der Waals surface area contributed by atoms with E-state index in [0.717, 1.165) is 25.8 Å². The topological polar surface area (TPSA) is 29.5 Å². The van der Waals surface area contributed by atoms with Gasteiger partial charge in [-0.15, -0.1) is 0 Å². The second kappa shape index (κ2) is 6.27. The summed E-state index contributed by atoms with van der Waals surface area (Å²) >= 11 is 0. The van der Waals surface area contributed by atoms with Crippen LogP contribution in [0.15, 0.2) is 0 Å². The Morgan fingerprint density at radius 2 is 2.06 bits per heavy atom. The summed E-state index contributed by atoms with van der Waals surface area (Å²) in [6.07, 6.45) is 6.88. The van der Waals surface area contributed by atoms with E-state index in [1.165, 1.54) is 19.3 Å². The fourth-order valence-electron chi connectivity index (χ4n) is 2.30. The van der Waals surface area contributed by atoms with E-state index < -0.39 is 0 Å². The maximum atomic E-state index is 12.1. The Balaban J connectivity index is 2.54. The minimum absolute atomic E-state index is 0.127. The van der Waals surface area contributed by atoms with Crippen molar-refractivity contribution in [3.8, 4) is 0 Å². The molecule has 0 bridgehead atoms. The maximum absolute atomic E-state index is 12.1. The van der Waals surface area contributed by atoms with Crippen molar-refractivity contribution in [2.45, 2.75) is 77.9 Å². The van der Waals surface area contributed by atoms with E-state index in [2.05, 4.69) is 6.92 Å². The van der Waals surface area contributed by atoms with Crippen LogP contribution in [0.5, 0.6) is 0 Å². The standard InChI is InChI=1S/C14H27NO2/c1-5-6-9-12-10-7-8-11-15(12)13(16)17-14(2,3)4/h12H,5-11H2,1-4H3. The number of carbonyl (C=O) groups is 1. The van der Waals surface area contributed by atoms with Crippen molar-refractivity contribution in [2.75, 3.05) is 6.54 Å². The van der Waals surface area contributed by atoms with Crippen LogP contribution in [-0.4, -0.2) is 29.2 Å². The van der Waals surface area contributed by atoms with Crippen molar-refractivity contribution in [1.29, 1.82) is 0 Å². The Kier molecular flexibility index (Phi) is 5.29. The van der Waals surface area contributed by atoms with E-state index in [9.17, 15) is 4.79 Å². The molecule has 1 saturated heterocycles. The highest BCUT2D eigenvalue weighted by Gasteiger charge is 2.29. The molecule has 1 aliphatic rings. The number of ether oxygens (including phenoxy) is 1. The molecular formula is C14H27NO2. The normalized spacial score (nSPS) is 21.4. The molecule has 1 unspecified atom stereocenters. The Labute approximate surface area is 106 Å². The van der Waals surface area contributed by atoms with Gasteiger partial charge in [0.25, 0.3) is 0 Å². The highest BCUT2D eigenvalue weighted by Crippen LogP contribution is 2.23. The van der Waals surface area contributed by atoms with Crippen LogP contribution in [0, 0.1) is 0 Å². The molecule has 0 aromatic heterocycles. The smallest absolute Gasteiger partial charge is 0.410 e. The lowest BCUT2D eigenvalue weighted by Gasteiger charge is -2.36. The van der Waals surface area contributed by atoms with Gasteiger partial charge in [-0.25, -0.2) is 4.79 Å². The van der Waals surface area contributed by atoms with Gasteiger partial charge < -0.3 is 9.64 Å². The zero-order valence-corrected chi connectivity index (χ0v) is 11.8. The van der Waals surface area contributed by atoms with Crippen LogP contribution < -0.4 is 0 Å². The van der Waals surface area contributed by atoms with Gasteiger partial charge in [0.15, 0.2) is 0 Å². The van der Waals surface area contributed by atoms with Crippen LogP contribution in [0.4, 0.5) is 4.79 Å². The zero-order chi connectivity index (χ0) is 12.9. The molecule has 0 saturated carbocycles. The quantitative estimate of drug-likeness (QED) is 0.748. The second-order valence-electron chi connectivity index (χ2n) is 5.97. The second-order valence-corrected chi connectivity index (χ2v) is 5.97. The van der Waals surface area contributed by atoms with Crippen LogP contribution in [0.25, 0.3) is 0 Å². The van der Waals surface area contributed by atoms with Crippen LogP contribution >= 0.6 is 0 Å². The molecule has 1 heterocycles. The van der Waals surface area contributed by atoms with Crippen LogP contribution in [0.1, 0.15) is 66.2 Å². The molecule has 1 aliphatic heterocycles. The number of hydrogen-bond donors (Lipinski definition) is 0. The molecule has 0 radical (unpaired) electrons. The highest BCUT2D eigenvalue weighted by atomic mass is 16.6. The van der Waals surface area contributed by atoms with Crippen LogP contribution in [-0.2, 0) is 4.74 Å². The SMILES string of the molecule is CCCCC1CCCCN1C(=O)OC(C)(C)C. The van der Waals surface area contributed by atoms with Crippen LogP contribution in [0.3, 0.4) is 0 Å². The van der Waals surface area contributed by atoms with Gasteiger partial charge >= 0.3 is 6.09 Å². The Morgan fingerprint density at radius 1 is 1.35 bits per heavy atom. The third-order valence-electron chi connectivity index (χ3n) is 3.15. The third-order valence-corrected chi connectivity index (χ3v) is 3.15. The molecule has 0 aromatic rings. The largest absolute Gasteiger partial charge is 0.444 e. The first-order valence-electron chi connectivity index (χ1n) is 6.93. The average Bonchev–Trinajstić information content (AvgIpc) is 2.24. The molecule has 3 heteroatoms. The summed E-state index contributed by atoms with van der Waals surface area (Å²) in [6, 6.07) is 0.401. The lowest BCUT2D eigenvalue weighted by Crippen LogP contribution is -2.46. The van der Waals surface area contributed by atoms with Crippen molar-refractivity contribution in [3.63, 3.8) is 0 Å². The first-order chi connectivity index (χ1) is 7.94. The number of unbranched alkanes of at least 4 members (excludes halogenated alkanes) is 1. The number of piperidine rings is 1. The number of hydrogen-bond acceptors (Lipinski definition) is 2. The fourth-order valence-corrected chi connectivity index (χ4v) is 2.30. The van der Waals surface area contributed by atoms with Gasteiger partial charge in [-0.3, -0.25) is 0 Å². The molecular weight excluding hydrogens is 214 g/mol. The van der Waals surface area contributed by atoms with Crippen molar-refractivity contribution in [1.82, 2.24) is 4.90 Å². The monoisotopic (exact) mass is 241 g/mol. The number of amides is 1. The van der Waals surface area contributed by atoms with Gasteiger partial charge in [-0.2, -0.15) is 0 Å². The lowest BCUT2D eigenvalue weighted by molar-refractivity contribution is 0.00863. The minimum Gasteiger partial charge on any atom is -0.444 e. The Morgan fingerprint density at radius 3 is 2.65 bits per heavy atom. The molecule has 0 N–H and O–H groups in total. The fraction of sp³-hybridized carbons (Fsp3) is 0.929. The predicted octanol–water partition coefficient (Wildman–Crippen LogP) is 3.97. The van der Waals surface area contributed by atoms with Gasteiger partial charge in [0.05, 0.1) is 0 Å². The summed E-state index contributed by atoms with van der Waals surface area (Å²) < 4.78 is 5.47.